The van der Waals surface area contributed by atoms with Crippen molar-refractivity contribution in [3.63, 3.8) is 0 Å². The van der Waals surface area contributed by atoms with Crippen LogP contribution in [0.5, 0.6) is 0 Å². The van der Waals surface area contributed by atoms with E-state index < -0.39 is 0 Å². The summed E-state index contributed by atoms with van der Waals surface area (Å²) >= 11 is 0. The molecule has 0 saturated heterocycles. The van der Waals surface area contributed by atoms with Crippen LogP contribution in [-0.4, -0.2) is 123 Å². The summed E-state index contributed by atoms with van der Waals surface area (Å²) in [6.07, 6.45) is 6.94. The van der Waals surface area contributed by atoms with E-state index in [2.05, 4.69) is 41.5 Å². The van der Waals surface area contributed by atoms with E-state index in [9.17, 15) is 25.5 Å². The number of aliphatic hydroxyl groups is 11. The highest BCUT2D eigenvalue weighted by Gasteiger charge is 2.15. The minimum absolute atomic E-state index is 0. The van der Waals surface area contributed by atoms with Crippen LogP contribution < -0.4 is 0 Å². The highest BCUT2D eigenvalue weighted by atomic mass is 16.3. The molecule has 0 radical (unpaired) electrons. The van der Waals surface area contributed by atoms with E-state index in [4.69, 9.17) is 30.6 Å². The lowest BCUT2D eigenvalue weighted by Gasteiger charge is -2.17. The topological polar surface area (TPSA) is 223 Å². The fourth-order valence-corrected chi connectivity index (χ4v) is 7.40. The van der Waals surface area contributed by atoms with Crippen molar-refractivity contribution in [2.45, 2.75) is 403 Å². The van der Waals surface area contributed by atoms with Gasteiger partial charge < -0.3 is 56.2 Å². The second-order valence-corrected chi connectivity index (χ2v) is 29.6. The Kier molecular flexibility index (Phi) is 103. The summed E-state index contributed by atoms with van der Waals surface area (Å²) < 4.78 is 0. The second kappa shape index (κ2) is 76.3. The first-order valence-corrected chi connectivity index (χ1v) is 34.8. The van der Waals surface area contributed by atoms with E-state index in [1.807, 2.05) is 222 Å². The smallest absolute Gasteiger partial charge is 0.0586 e. The average molecular weight is 1270 g/mol. The third-order valence-electron chi connectivity index (χ3n) is 14.0. The van der Waals surface area contributed by atoms with Crippen LogP contribution in [0.3, 0.4) is 0 Å². The molecule has 0 spiro atoms. The molecule has 0 heterocycles. The number of hydrogen-bond donors (Lipinski definition) is 11. The van der Waals surface area contributed by atoms with Gasteiger partial charge in [0.2, 0.25) is 0 Å². The summed E-state index contributed by atoms with van der Waals surface area (Å²) in [5.41, 5.74) is 0. The third kappa shape index (κ3) is 105. The van der Waals surface area contributed by atoms with Crippen molar-refractivity contribution in [2.75, 3.05) is 0 Å². The van der Waals surface area contributed by atoms with E-state index in [0.717, 1.165) is 57.8 Å². The van der Waals surface area contributed by atoms with E-state index in [-0.39, 0.29) is 82.0 Å². The van der Waals surface area contributed by atoms with Crippen LogP contribution in [-0.2, 0) is 0 Å². The number of rotatable bonds is 25. The SMILES string of the molecule is C.C.CC(C)C(O)C(C)C.CC(C)C(O)C(C)C.CC(C)C(O)C(C)C.CC(C)C(O)C(C)C.CC(C)C(O)C(C)C.CCC(O)C(C)C.CCC(O)CC(C)C.CC[C@@H](O)C(C)C.CC[C@@H](O)CC(C)C.CC[C@H](O)C(C)C.CC[C@H](O)CC(C)C. The molecule has 0 aromatic carbocycles. The molecule has 0 aliphatic heterocycles. The molecular formula is C76H178O11. The normalized spacial score (nSPS) is 13.2. The Bertz CT molecular complexity index is 968. The van der Waals surface area contributed by atoms with Gasteiger partial charge in [0.25, 0.3) is 0 Å². The van der Waals surface area contributed by atoms with Gasteiger partial charge in [-0.2, -0.15) is 0 Å². The van der Waals surface area contributed by atoms with Gasteiger partial charge in [-0.1, -0.05) is 278 Å². The highest BCUT2D eigenvalue weighted by molar-refractivity contribution is 4.66. The Morgan fingerprint density at radius 3 is 0.287 bits per heavy atom. The van der Waals surface area contributed by atoms with Crippen molar-refractivity contribution in [1.82, 2.24) is 0 Å². The third-order valence-corrected chi connectivity index (χ3v) is 14.0. The minimum atomic E-state index is -0.130. The lowest BCUT2D eigenvalue weighted by Crippen LogP contribution is -2.20. The van der Waals surface area contributed by atoms with E-state index in [1.165, 1.54) is 0 Å². The lowest BCUT2D eigenvalue weighted by molar-refractivity contribution is 0.0800. The minimum Gasteiger partial charge on any atom is -0.393 e. The summed E-state index contributed by atoms with van der Waals surface area (Å²) in [6, 6.07) is 0. The molecule has 2 unspecified atom stereocenters. The molecule has 548 valence electrons. The van der Waals surface area contributed by atoms with Crippen molar-refractivity contribution in [3.8, 4) is 0 Å². The monoisotopic (exact) mass is 1270 g/mol. The number of aliphatic hydroxyl groups excluding tert-OH is 11. The van der Waals surface area contributed by atoms with Crippen LogP contribution in [0.2, 0.25) is 0 Å². The molecule has 0 saturated carbocycles. The van der Waals surface area contributed by atoms with Gasteiger partial charge in [0.15, 0.2) is 0 Å². The van der Waals surface area contributed by atoms with Crippen molar-refractivity contribution < 1.29 is 56.2 Å². The van der Waals surface area contributed by atoms with Gasteiger partial charge in [-0.15, -0.1) is 0 Å². The Morgan fingerprint density at radius 1 is 0.172 bits per heavy atom. The average Bonchev–Trinajstić information content (AvgIpc) is 3.39. The maximum absolute atomic E-state index is 9.20. The fraction of sp³-hybridized carbons (Fsp3) is 1.00. The standard InChI is InChI=1S/8C7H16O.3C6H14O.2CH4/c5*1-5(2)7(8)6(3)4;3*1-4-7(8)5-6(2)3;3*1-4-6(7)5(2)3;;/h5*5-8H,1-4H3;3*6-8H,4-5H2,1-3H3;3*5-7H,4H2,1-3H3;2*1H4/t;;;;;2*7-;;2*6-;;;/m.....10.10.../s1. The van der Waals surface area contributed by atoms with Crippen LogP contribution in [0.4, 0.5) is 0 Å². The van der Waals surface area contributed by atoms with Crippen LogP contribution in [0.15, 0.2) is 0 Å². The summed E-state index contributed by atoms with van der Waals surface area (Å²) in [6.45, 7) is 77.5. The van der Waals surface area contributed by atoms with Crippen molar-refractivity contribution in [1.29, 1.82) is 0 Å². The summed E-state index contributed by atoms with van der Waals surface area (Å²) in [4.78, 5) is 0. The van der Waals surface area contributed by atoms with Crippen molar-refractivity contribution in [2.24, 2.45) is 94.7 Å². The summed E-state index contributed by atoms with van der Waals surface area (Å²) in [5.74, 6) is 7.13. The zero-order valence-electron chi connectivity index (χ0n) is 64.9. The van der Waals surface area contributed by atoms with Gasteiger partial charge in [0.05, 0.1) is 67.1 Å². The molecule has 11 heteroatoms. The quantitative estimate of drug-likeness (QED) is 0.0413. The van der Waals surface area contributed by atoms with Crippen LogP contribution in [0.1, 0.15) is 336 Å². The van der Waals surface area contributed by atoms with E-state index >= 15 is 0 Å². The first kappa shape index (κ1) is 117. The Morgan fingerprint density at radius 2 is 0.276 bits per heavy atom. The summed E-state index contributed by atoms with van der Waals surface area (Å²) in [5, 5.41) is 99.9. The lowest BCUT2D eigenvalue weighted by atomic mass is 9.97. The molecule has 0 aromatic heterocycles. The molecule has 0 aromatic rings. The number of hydrogen-bond acceptors (Lipinski definition) is 11. The first-order chi connectivity index (χ1) is 38.3. The molecule has 0 amide bonds. The maximum Gasteiger partial charge on any atom is 0.0586 e. The molecule has 6 atom stereocenters. The Hall–Kier alpha value is -0.440. The van der Waals surface area contributed by atoms with Crippen LogP contribution >= 0.6 is 0 Å². The van der Waals surface area contributed by atoms with E-state index in [1.54, 1.807) is 0 Å². The van der Waals surface area contributed by atoms with Gasteiger partial charge in [0, 0.05) is 0 Å². The van der Waals surface area contributed by atoms with Gasteiger partial charge >= 0.3 is 0 Å². The second-order valence-electron chi connectivity index (χ2n) is 29.6. The zero-order valence-corrected chi connectivity index (χ0v) is 64.9. The van der Waals surface area contributed by atoms with Crippen molar-refractivity contribution >= 4 is 0 Å². The molecule has 0 bridgehead atoms. The molecule has 11 nitrogen and oxygen atoms in total. The first-order valence-electron chi connectivity index (χ1n) is 34.8. The molecule has 0 aliphatic rings. The Balaban J connectivity index is -0.0000000628. The van der Waals surface area contributed by atoms with Gasteiger partial charge in [-0.05, 0) is 152 Å². The molecular weight excluding hydrogens is 1090 g/mol. The van der Waals surface area contributed by atoms with Crippen LogP contribution in [0, 0.1) is 94.7 Å². The van der Waals surface area contributed by atoms with Crippen LogP contribution in [0.25, 0.3) is 0 Å². The van der Waals surface area contributed by atoms with Gasteiger partial charge in [-0.3, -0.25) is 0 Å². The predicted molar refractivity (Wildman–Crippen MR) is 393 cm³/mol. The maximum atomic E-state index is 9.20. The zero-order chi connectivity index (χ0) is 71.0. The molecule has 0 aliphatic carbocycles. The van der Waals surface area contributed by atoms with E-state index in [0.29, 0.717) is 94.7 Å². The summed E-state index contributed by atoms with van der Waals surface area (Å²) in [7, 11) is 0. The highest BCUT2D eigenvalue weighted by Crippen LogP contribution is 2.14. The van der Waals surface area contributed by atoms with Gasteiger partial charge in [-0.25, -0.2) is 0 Å². The van der Waals surface area contributed by atoms with Gasteiger partial charge in [0.1, 0.15) is 0 Å². The van der Waals surface area contributed by atoms with Crippen molar-refractivity contribution in [3.05, 3.63) is 0 Å². The largest absolute Gasteiger partial charge is 0.393 e. The fourth-order valence-electron chi connectivity index (χ4n) is 7.40. The Labute approximate surface area is 551 Å². The molecule has 0 rings (SSSR count). The molecule has 0 fully saturated rings. The predicted octanol–water partition coefficient (Wildman–Crippen LogP) is 19.2. The molecule has 11 N–H and O–H groups in total. The molecule has 87 heavy (non-hydrogen) atoms.